The summed E-state index contributed by atoms with van der Waals surface area (Å²) in [4.78, 5) is 0. The number of hydrogen-bond acceptors (Lipinski definition) is 6. The maximum atomic E-state index is 10.5. The normalized spacial score (nSPS) is 10.2. The molecule has 0 radical (unpaired) electrons. The van der Waals surface area contributed by atoms with Crippen LogP contribution in [0.4, 0.5) is 0 Å². The Labute approximate surface area is 162 Å². The van der Waals surface area contributed by atoms with E-state index in [1.54, 1.807) is 24.3 Å². The number of phenolic OH excluding ortho intramolecular Hbond substituents is 1. The summed E-state index contributed by atoms with van der Waals surface area (Å²) >= 11 is 0. The third-order valence-electron chi connectivity index (χ3n) is 4.00. The van der Waals surface area contributed by atoms with Crippen LogP contribution in [0.3, 0.4) is 0 Å². The molecule has 2 aromatic carbocycles. The summed E-state index contributed by atoms with van der Waals surface area (Å²) in [7, 11) is 5.91. The number of phenols is 1. The van der Waals surface area contributed by atoms with Crippen LogP contribution < -0.4 is 31.4 Å². The zero-order chi connectivity index (χ0) is 18.8. The lowest BCUT2D eigenvalue weighted by molar-refractivity contribution is -0.00000859. The first kappa shape index (κ1) is 20.3. The van der Waals surface area contributed by atoms with Crippen molar-refractivity contribution in [2.24, 2.45) is 0 Å². The Morgan fingerprint density at radius 1 is 0.741 bits per heavy atom. The van der Waals surface area contributed by atoms with Gasteiger partial charge in [-0.15, -0.1) is 0 Å². The summed E-state index contributed by atoms with van der Waals surface area (Å²) in [5.41, 5.74) is 0.928. The van der Waals surface area contributed by atoms with Crippen LogP contribution in [0.2, 0.25) is 0 Å². The van der Waals surface area contributed by atoms with E-state index in [1.807, 2.05) is 0 Å². The Balaban J connectivity index is 0.00000261. The molecule has 0 spiro atoms. The quantitative estimate of drug-likeness (QED) is 0.620. The van der Waals surface area contributed by atoms with Gasteiger partial charge in [-0.25, -0.2) is 4.42 Å². The van der Waals surface area contributed by atoms with E-state index in [0.717, 1.165) is 0 Å². The molecule has 0 aliphatic carbocycles. The fourth-order valence-corrected chi connectivity index (χ4v) is 2.69. The van der Waals surface area contributed by atoms with Crippen molar-refractivity contribution >= 4 is 11.0 Å². The molecule has 27 heavy (non-hydrogen) atoms. The lowest BCUT2D eigenvalue weighted by atomic mass is 10.1. The number of ether oxygens (including phenoxy) is 4. The van der Waals surface area contributed by atoms with Crippen LogP contribution in [0, 0.1) is 0 Å². The van der Waals surface area contributed by atoms with Crippen LogP contribution in [0.15, 0.2) is 34.7 Å². The molecule has 2 N–H and O–H groups in total. The number of rotatable bonds is 5. The SMILES string of the molecule is COc1cc(OC)c2cc(O)c(-c3cc(OC)c(O)c(OC)c3)[o+]c2c1.[Cl-]. The van der Waals surface area contributed by atoms with E-state index in [0.29, 0.717) is 28.0 Å². The Morgan fingerprint density at radius 2 is 1.33 bits per heavy atom. The maximum Gasteiger partial charge on any atom is 0.402 e. The highest BCUT2D eigenvalue weighted by atomic mass is 35.5. The van der Waals surface area contributed by atoms with Gasteiger partial charge in [-0.3, -0.25) is 0 Å². The predicted octanol–water partition coefficient (Wildman–Crippen LogP) is 0.830. The minimum absolute atomic E-state index is 0. The average Bonchev–Trinajstić information content (AvgIpc) is 2.67. The van der Waals surface area contributed by atoms with E-state index in [9.17, 15) is 10.2 Å². The van der Waals surface area contributed by atoms with Crippen LogP contribution in [0.25, 0.3) is 22.3 Å². The molecule has 0 aliphatic heterocycles. The van der Waals surface area contributed by atoms with Gasteiger partial charge in [0.05, 0.1) is 40.1 Å². The first-order valence-electron chi connectivity index (χ1n) is 7.69. The van der Waals surface area contributed by atoms with Crippen molar-refractivity contribution in [2.45, 2.75) is 0 Å². The zero-order valence-corrected chi connectivity index (χ0v) is 16.0. The number of fused-ring (bicyclic) bond motifs is 1. The highest BCUT2D eigenvalue weighted by Gasteiger charge is 2.26. The lowest BCUT2D eigenvalue weighted by Crippen LogP contribution is -3.00. The molecule has 1 heterocycles. The molecule has 0 fully saturated rings. The Kier molecular flexibility index (Phi) is 6.07. The topological polar surface area (TPSA) is 88.7 Å². The first-order chi connectivity index (χ1) is 12.5. The second-order valence-electron chi connectivity index (χ2n) is 5.43. The second kappa shape index (κ2) is 8.09. The third-order valence-corrected chi connectivity index (χ3v) is 4.00. The number of aromatic hydroxyl groups is 2. The minimum atomic E-state index is -0.137. The van der Waals surface area contributed by atoms with Crippen LogP contribution in [0.5, 0.6) is 34.5 Å². The van der Waals surface area contributed by atoms with Crippen LogP contribution in [0.1, 0.15) is 0 Å². The van der Waals surface area contributed by atoms with Crippen molar-refractivity contribution in [3.8, 4) is 45.8 Å². The molecule has 0 unspecified atom stereocenters. The van der Waals surface area contributed by atoms with Crippen molar-refractivity contribution in [1.82, 2.24) is 0 Å². The lowest BCUT2D eigenvalue weighted by Gasteiger charge is -2.09. The Hall–Kier alpha value is -3.06. The molecule has 144 valence electrons. The number of hydrogen-bond donors (Lipinski definition) is 2. The molecule has 3 rings (SSSR count). The summed E-state index contributed by atoms with van der Waals surface area (Å²) in [6.45, 7) is 0. The maximum absolute atomic E-state index is 10.5. The molecular formula is C19H19ClO7. The van der Waals surface area contributed by atoms with Crippen molar-refractivity contribution in [2.75, 3.05) is 28.4 Å². The van der Waals surface area contributed by atoms with Crippen LogP contribution in [-0.2, 0) is 0 Å². The Bertz CT molecular complexity index is 947. The molecule has 0 bridgehead atoms. The summed E-state index contributed by atoms with van der Waals surface area (Å²) in [6.07, 6.45) is 0. The molecule has 3 aromatic rings. The third kappa shape index (κ3) is 3.59. The van der Waals surface area contributed by atoms with E-state index in [2.05, 4.69) is 0 Å². The number of methoxy groups -OCH3 is 4. The van der Waals surface area contributed by atoms with Gasteiger partial charge >= 0.3 is 11.3 Å². The van der Waals surface area contributed by atoms with E-state index in [4.69, 9.17) is 23.4 Å². The van der Waals surface area contributed by atoms with E-state index < -0.39 is 0 Å². The van der Waals surface area contributed by atoms with Gasteiger partial charge < -0.3 is 41.6 Å². The molecule has 1 aromatic heterocycles. The molecule has 0 saturated heterocycles. The smallest absolute Gasteiger partial charge is 0.402 e. The van der Waals surface area contributed by atoms with Crippen molar-refractivity contribution in [3.05, 3.63) is 30.3 Å². The fourth-order valence-electron chi connectivity index (χ4n) is 2.69. The van der Waals surface area contributed by atoms with Gasteiger partial charge in [-0.1, -0.05) is 0 Å². The summed E-state index contributed by atoms with van der Waals surface area (Å²) in [5.74, 6) is 1.39. The van der Waals surface area contributed by atoms with Crippen LogP contribution >= 0.6 is 0 Å². The second-order valence-corrected chi connectivity index (χ2v) is 5.43. The fraction of sp³-hybridized carbons (Fsp3) is 0.211. The standard InChI is InChI=1S/C19H18O7.ClH/c1-22-11-7-14(23-2)12-9-13(20)19(26-15(12)8-11)10-5-16(24-3)18(21)17(6-10)25-4;/h5-9H,1-4H3,(H-,20,21);1H. The Morgan fingerprint density at radius 3 is 1.85 bits per heavy atom. The minimum Gasteiger partial charge on any atom is -1.00 e. The highest BCUT2D eigenvalue weighted by Crippen LogP contribution is 2.44. The predicted molar refractivity (Wildman–Crippen MR) is 95.6 cm³/mol. The van der Waals surface area contributed by atoms with Gasteiger partial charge in [0.25, 0.3) is 0 Å². The van der Waals surface area contributed by atoms with E-state index >= 15 is 0 Å². The van der Waals surface area contributed by atoms with Gasteiger partial charge in [0.1, 0.15) is 16.9 Å². The number of halogens is 1. The summed E-state index contributed by atoms with van der Waals surface area (Å²) in [6, 6.07) is 8.01. The van der Waals surface area contributed by atoms with Gasteiger partial charge in [-0.05, 0) is 0 Å². The monoisotopic (exact) mass is 394 g/mol. The average molecular weight is 395 g/mol. The van der Waals surface area contributed by atoms with Gasteiger partial charge in [0, 0.05) is 24.3 Å². The van der Waals surface area contributed by atoms with Gasteiger partial charge in [-0.2, -0.15) is 0 Å². The van der Waals surface area contributed by atoms with Crippen molar-refractivity contribution in [3.63, 3.8) is 0 Å². The highest BCUT2D eigenvalue weighted by molar-refractivity contribution is 5.89. The zero-order valence-electron chi connectivity index (χ0n) is 15.2. The molecular weight excluding hydrogens is 376 g/mol. The summed E-state index contributed by atoms with van der Waals surface area (Å²) in [5, 5.41) is 21.1. The van der Waals surface area contributed by atoms with E-state index in [-0.39, 0.29) is 41.2 Å². The summed E-state index contributed by atoms with van der Waals surface area (Å²) < 4.78 is 26.8. The van der Waals surface area contributed by atoms with Crippen molar-refractivity contribution in [1.29, 1.82) is 0 Å². The molecule has 0 saturated carbocycles. The van der Waals surface area contributed by atoms with Crippen molar-refractivity contribution < 1.29 is 46.0 Å². The molecule has 8 heteroatoms. The molecule has 7 nitrogen and oxygen atoms in total. The molecule has 0 atom stereocenters. The van der Waals surface area contributed by atoms with Crippen LogP contribution in [-0.4, -0.2) is 38.7 Å². The first-order valence-corrected chi connectivity index (χ1v) is 7.69. The number of benzene rings is 2. The van der Waals surface area contributed by atoms with Gasteiger partial charge in [0.15, 0.2) is 11.5 Å². The van der Waals surface area contributed by atoms with E-state index in [1.165, 1.54) is 34.5 Å². The molecule has 0 aliphatic rings. The largest absolute Gasteiger partial charge is 1.00 e. The molecule has 0 amide bonds. The van der Waals surface area contributed by atoms with Gasteiger partial charge in [0.2, 0.25) is 11.5 Å².